The first-order valence-corrected chi connectivity index (χ1v) is 6.44. The third-order valence-corrected chi connectivity index (χ3v) is 2.73. The molecule has 0 aliphatic heterocycles. The molecule has 0 aliphatic carbocycles. The van der Waals surface area contributed by atoms with Crippen molar-refractivity contribution in [2.24, 2.45) is 11.7 Å². The van der Waals surface area contributed by atoms with Gasteiger partial charge >= 0.3 is 0 Å². The largest absolute Gasteiger partial charge is 0.497 e. The van der Waals surface area contributed by atoms with Crippen molar-refractivity contribution < 1.29 is 19.1 Å². The number of nitrogens with two attached hydrogens (primary N) is 1. The van der Waals surface area contributed by atoms with Crippen LogP contribution in [0.15, 0.2) is 24.3 Å². The number of hydrogen-bond acceptors (Lipinski definition) is 4. The highest BCUT2D eigenvalue weighted by atomic mass is 16.5. The zero-order chi connectivity index (χ0) is 15.8. The zero-order valence-electron chi connectivity index (χ0n) is 12.0. The Morgan fingerprint density at radius 1 is 1.24 bits per heavy atom. The van der Waals surface area contributed by atoms with E-state index < -0.39 is 11.8 Å². The Bertz CT molecular complexity index is 531. The Hall–Kier alpha value is -2.57. The third kappa shape index (κ3) is 5.94. The van der Waals surface area contributed by atoms with Crippen molar-refractivity contribution in [3.8, 4) is 5.75 Å². The quantitative estimate of drug-likeness (QED) is 0.657. The minimum atomic E-state index is -0.462. The van der Waals surface area contributed by atoms with E-state index in [1.807, 2.05) is 0 Å². The minimum absolute atomic E-state index is 0.0985. The summed E-state index contributed by atoms with van der Waals surface area (Å²) >= 11 is 0. The van der Waals surface area contributed by atoms with Gasteiger partial charge in [-0.1, -0.05) is 13.0 Å². The molecule has 0 aliphatic rings. The first kappa shape index (κ1) is 16.5. The number of primary amides is 1. The second-order valence-corrected chi connectivity index (χ2v) is 4.71. The number of carbonyl (C=O) groups is 3. The first-order chi connectivity index (χ1) is 9.92. The fraction of sp³-hybridized carbons (Fsp3) is 0.357. The zero-order valence-corrected chi connectivity index (χ0v) is 12.0. The van der Waals surface area contributed by atoms with Gasteiger partial charge in [-0.05, 0) is 24.1 Å². The summed E-state index contributed by atoms with van der Waals surface area (Å²) in [7, 11) is 1.50. The number of benzene rings is 1. The average molecular weight is 293 g/mol. The summed E-state index contributed by atoms with van der Waals surface area (Å²) in [5.74, 6) is -0.944. The molecule has 3 amide bonds. The van der Waals surface area contributed by atoms with Gasteiger partial charge in [0.1, 0.15) is 5.75 Å². The molecule has 0 unspecified atom stereocenters. The monoisotopic (exact) mass is 293 g/mol. The lowest BCUT2D eigenvalue weighted by atomic mass is 10.0. The van der Waals surface area contributed by atoms with Crippen molar-refractivity contribution in [2.45, 2.75) is 19.8 Å². The van der Waals surface area contributed by atoms with Gasteiger partial charge in [0.15, 0.2) is 0 Å². The number of methoxy groups -OCH3 is 1. The van der Waals surface area contributed by atoms with Gasteiger partial charge in [0.25, 0.3) is 5.91 Å². The molecule has 1 aromatic rings. The van der Waals surface area contributed by atoms with Crippen LogP contribution >= 0.6 is 0 Å². The lowest BCUT2D eigenvalue weighted by molar-refractivity contribution is -0.123. The van der Waals surface area contributed by atoms with Crippen LogP contribution < -0.4 is 21.3 Å². The molecule has 0 heterocycles. The lowest BCUT2D eigenvalue weighted by Crippen LogP contribution is -2.42. The highest BCUT2D eigenvalue weighted by molar-refractivity contribution is 5.95. The Morgan fingerprint density at radius 3 is 2.57 bits per heavy atom. The van der Waals surface area contributed by atoms with E-state index in [1.165, 1.54) is 7.11 Å². The Kier molecular flexibility index (Phi) is 6.19. The van der Waals surface area contributed by atoms with Crippen LogP contribution in [-0.2, 0) is 9.59 Å². The van der Waals surface area contributed by atoms with E-state index in [0.717, 1.165) is 0 Å². The van der Waals surface area contributed by atoms with E-state index in [9.17, 15) is 14.4 Å². The molecular weight excluding hydrogens is 274 g/mol. The number of hydrazine groups is 1. The molecule has 7 nitrogen and oxygen atoms in total. The van der Waals surface area contributed by atoms with Gasteiger partial charge in [-0.15, -0.1) is 0 Å². The maximum absolute atomic E-state index is 11.8. The minimum Gasteiger partial charge on any atom is -0.497 e. The van der Waals surface area contributed by atoms with Gasteiger partial charge in [0.05, 0.1) is 7.11 Å². The number of nitrogens with one attached hydrogen (secondary N) is 2. The second-order valence-electron chi connectivity index (χ2n) is 4.71. The fourth-order valence-electron chi connectivity index (χ4n) is 1.75. The van der Waals surface area contributed by atoms with Crippen molar-refractivity contribution in [3.05, 3.63) is 29.8 Å². The first-order valence-electron chi connectivity index (χ1n) is 6.44. The van der Waals surface area contributed by atoms with Crippen molar-refractivity contribution in [1.82, 2.24) is 10.9 Å². The smallest absolute Gasteiger partial charge is 0.269 e. The summed E-state index contributed by atoms with van der Waals surface area (Å²) in [6, 6.07) is 6.53. The third-order valence-electron chi connectivity index (χ3n) is 2.73. The number of amides is 3. The highest BCUT2D eigenvalue weighted by Crippen LogP contribution is 2.12. The molecular formula is C14H19N3O4. The summed E-state index contributed by atoms with van der Waals surface area (Å²) < 4.78 is 5.01. The normalized spacial score (nSPS) is 11.3. The van der Waals surface area contributed by atoms with Crippen LogP contribution in [0, 0.1) is 5.92 Å². The molecule has 4 N–H and O–H groups in total. The standard InChI is InChI=1S/C14H19N3O4/c1-9(6-12(15)18)7-13(19)16-17-14(20)10-4-3-5-11(8-10)21-2/h3-5,8-9H,6-7H2,1-2H3,(H2,15,18)(H,16,19)(H,17,20)/t9-/m1/s1. The van der Waals surface area contributed by atoms with Crippen LogP contribution in [0.3, 0.4) is 0 Å². The fourth-order valence-corrected chi connectivity index (χ4v) is 1.75. The number of hydrogen-bond donors (Lipinski definition) is 3. The second kappa shape index (κ2) is 7.88. The van der Waals surface area contributed by atoms with Crippen LogP contribution in [0.25, 0.3) is 0 Å². The maximum Gasteiger partial charge on any atom is 0.269 e. The van der Waals surface area contributed by atoms with Crippen molar-refractivity contribution in [1.29, 1.82) is 0 Å². The number of rotatable bonds is 6. The predicted molar refractivity (Wildman–Crippen MR) is 76.2 cm³/mol. The van der Waals surface area contributed by atoms with Gasteiger partial charge < -0.3 is 10.5 Å². The Morgan fingerprint density at radius 2 is 1.95 bits per heavy atom. The van der Waals surface area contributed by atoms with E-state index in [2.05, 4.69) is 10.9 Å². The van der Waals surface area contributed by atoms with Crippen LogP contribution in [0.2, 0.25) is 0 Å². The molecule has 0 saturated carbocycles. The van der Waals surface area contributed by atoms with Crippen LogP contribution in [-0.4, -0.2) is 24.8 Å². The molecule has 0 spiro atoms. The van der Waals surface area contributed by atoms with Crippen molar-refractivity contribution in [2.75, 3.05) is 7.11 Å². The molecule has 0 saturated heterocycles. The lowest BCUT2D eigenvalue weighted by Gasteiger charge is -2.11. The molecule has 7 heteroatoms. The van der Waals surface area contributed by atoms with Gasteiger partial charge in [-0.2, -0.15) is 0 Å². The van der Waals surface area contributed by atoms with Crippen LogP contribution in [0.4, 0.5) is 0 Å². The van der Waals surface area contributed by atoms with E-state index >= 15 is 0 Å². The van der Waals surface area contributed by atoms with Crippen molar-refractivity contribution >= 4 is 17.7 Å². The molecule has 0 aromatic heterocycles. The van der Waals surface area contributed by atoms with Crippen molar-refractivity contribution in [3.63, 3.8) is 0 Å². The molecule has 21 heavy (non-hydrogen) atoms. The van der Waals surface area contributed by atoms with Gasteiger partial charge in [0, 0.05) is 18.4 Å². The molecule has 1 rings (SSSR count). The summed E-state index contributed by atoms with van der Waals surface area (Å²) in [5.41, 5.74) is 9.99. The predicted octanol–water partition coefficient (Wildman–Crippen LogP) is 0.358. The number of ether oxygens (including phenoxy) is 1. The molecule has 1 aromatic carbocycles. The highest BCUT2D eigenvalue weighted by Gasteiger charge is 2.13. The summed E-state index contributed by atoms with van der Waals surface area (Å²) in [5, 5.41) is 0. The molecule has 0 fully saturated rings. The Labute approximate surface area is 122 Å². The molecule has 114 valence electrons. The van der Waals surface area contributed by atoms with E-state index in [0.29, 0.717) is 11.3 Å². The van der Waals surface area contributed by atoms with E-state index in [1.54, 1.807) is 31.2 Å². The maximum atomic E-state index is 11.8. The summed E-state index contributed by atoms with van der Waals surface area (Å²) in [4.78, 5) is 34.1. The molecule has 0 bridgehead atoms. The topological polar surface area (TPSA) is 111 Å². The SMILES string of the molecule is COc1cccc(C(=O)NNC(=O)C[C@H](C)CC(N)=O)c1. The number of carbonyl (C=O) groups excluding carboxylic acids is 3. The van der Waals surface area contributed by atoms with Crippen LogP contribution in [0.1, 0.15) is 30.1 Å². The van der Waals surface area contributed by atoms with Gasteiger partial charge in [-0.3, -0.25) is 25.2 Å². The van der Waals surface area contributed by atoms with E-state index in [-0.39, 0.29) is 24.7 Å². The van der Waals surface area contributed by atoms with E-state index in [4.69, 9.17) is 10.5 Å². The summed E-state index contributed by atoms with van der Waals surface area (Å²) in [6.07, 6.45) is 0.221. The summed E-state index contributed by atoms with van der Waals surface area (Å²) in [6.45, 7) is 1.73. The molecule has 1 atom stereocenters. The van der Waals surface area contributed by atoms with Crippen LogP contribution in [0.5, 0.6) is 5.75 Å². The average Bonchev–Trinajstić information content (AvgIpc) is 2.43. The van der Waals surface area contributed by atoms with Gasteiger partial charge in [0.2, 0.25) is 11.8 Å². The molecule has 0 radical (unpaired) electrons. The van der Waals surface area contributed by atoms with Gasteiger partial charge in [-0.25, -0.2) is 0 Å². The Balaban J connectivity index is 2.45.